The molecule has 0 fully saturated rings. The first kappa shape index (κ1) is 14.5. The third-order valence-corrected chi connectivity index (χ3v) is 4.78. The number of aryl methyl sites for hydroxylation is 2. The Morgan fingerprint density at radius 2 is 2.05 bits per heavy atom. The van der Waals surface area contributed by atoms with Crippen LogP contribution in [-0.2, 0) is 23.6 Å². The molecule has 0 saturated carbocycles. The van der Waals surface area contributed by atoms with E-state index in [9.17, 15) is 8.42 Å². The number of aromatic nitrogens is 2. The van der Waals surface area contributed by atoms with Crippen LogP contribution in [0.1, 0.15) is 17.0 Å². The second-order valence-corrected chi connectivity index (χ2v) is 6.40. The summed E-state index contributed by atoms with van der Waals surface area (Å²) in [6.45, 7) is 3.61. The van der Waals surface area contributed by atoms with Gasteiger partial charge in [0, 0.05) is 19.3 Å². The van der Waals surface area contributed by atoms with E-state index in [1.54, 1.807) is 43.8 Å². The topological polar surface area (TPSA) is 90.0 Å². The Balaban J connectivity index is 2.24. The van der Waals surface area contributed by atoms with E-state index in [2.05, 4.69) is 9.82 Å². The highest BCUT2D eigenvalue weighted by Crippen LogP contribution is 2.18. The summed E-state index contributed by atoms with van der Waals surface area (Å²) in [5.74, 6) is 0. The molecule has 2 aromatic rings. The summed E-state index contributed by atoms with van der Waals surface area (Å²) in [5, 5.41) is 4.12. The highest BCUT2D eigenvalue weighted by molar-refractivity contribution is 7.89. The Morgan fingerprint density at radius 3 is 2.60 bits per heavy atom. The number of rotatable bonds is 4. The molecule has 0 aliphatic heterocycles. The van der Waals surface area contributed by atoms with E-state index < -0.39 is 10.0 Å². The van der Waals surface area contributed by atoms with Gasteiger partial charge in [0.1, 0.15) is 4.90 Å². The first-order valence-corrected chi connectivity index (χ1v) is 7.64. The average molecular weight is 294 g/mol. The molecular weight excluding hydrogens is 276 g/mol. The number of nitrogen functional groups attached to an aromatic ring is 1. The van der Waals surface area contributed by atoms with Crippen molar-refractivity contribution in [2.24, 2.45) is 7.05 Å². The number of sulfonamides is 1. The Hall–Kier alpha value is -1.86. The minimum Gasteiger partial charge on any atom is -0.399 e. The number of nitrogens with one attached hydrogen (secondary N) is 1. The largest absolute Gasteiger partial charge is 0.399 e. The van der Waals surface area contributed by atoms with Gasteiger partial charge in [0.2, 0.25) is 10.0 Å². The van der Waals surface area contributed by atoms with Crippen LogP contribution < -0.4 is 10.5 Å². The fraction of sp³-hybridized carbons (Fsp3) is 0.308. The lowest BCUT2D eigenvalue weighted by Crippen LogP contribution is -2.24. The Kier molecular flexibility index (Phi) is 3.82. The lowest BCUT2D eigenvalue weighted by molar-refractivity contribution is 0.579. The van der Waals surface area contributed by atoms with Crippen molar-refractivity contribution >= 4 is 15.7 Å². The van der Waals surface area contributed by atoms with Gasteiger partial charge in [-0.3, -0.25) is 4.68 Å². The number of benzene rings is 1. The molecule has 0 aliphatic rings. The summed E-state index contributed by atoms with van der Waals surface area (Å²) >= 11 is 0. The van der Waals surface area contributed by atoms with Crippen LogP contribution in [0.4, 0.5) is 5.69 Å². The molecule has 0 unspecified atom stereocenters. The quantitative estimate of drug-likeness (QED) is 0.826. The molecule has 20 heavy (non-hydrogen) atoms. The molecule has 1 aromatic heterocycles. The molecule has 3 N–H and O–H groups in total. The van der Waals surface area contributed by atoms with Gasteiger partial charge in [-0.25, -0.2) is 13.1 Å². The van der Waals surface area contributed by atoms with Crippen molar-refractivity contribution in [1.29, 1.82) is 0 Å². The second-order valence-electron chi connectivity index (χ2n) is 4.69. The summed E-state index contributed by atoms with van der Waals surface area (Å²) in [4.78, 5) is 0.240. The maximum atomic E-state index is 12.3. The Morgan fingerprint density at radius 1 is 1.35 bits per heavy atom. The fourth-order valence-electron chi connectivity index (χ4n) is 2.10. The van der Waals surface area contributed by atoms with Gasteiger partial charge >= 0.3 is 0 Å². The van der Waals surface area contributed by atoms with E-state index in [0.717, 1.165) is 5.56 Å². The van der Waals surface area contributed by atoms with Crippen LogP contribution in [0.5, 0.6) is 0 Å². The lowest BCUT2D eigenvalue weighted by Gasteiger charge is -2.08. The monoisotopic (exact) mass is 294 g/mol. The van der Waals surface area contributed by atoms with E-state index in [0.29, 0.717) is 17.1 Å². The number of nitrogens with zero attached hydrogens (tertiary/aromatic N) is 2. The van der Waals surface area contributed by atoms with Crippen molar-refractivity contribution in [1.82, 2.24) is 14.5 Å². The normalized spacial score (nSPS) is 11.8. The molecule has 0 aliphatic carbocycles. The molecule has 1 heterocycles. The zero-order chi connectivity index (χ0) is 14.9. The van der Waals surface area contributed by atoms with Gasteiger partial charge in [0.25, 0.3) is 0 Å². The third kappa shape index (κ3) is 2.83. The maximum absolute atomic E-state index is 12.3. The van der Waals surface area contributed by atoms with Crippen LogP contribution in [0.25, 0.3) is 0 Å². The minimum absolute atomic E-state index is 0.196. The predicted octanol–water partition coefficient (Wildman–Crippen LogP) is 1.10. The van der Waals surface area contributed by atoms with Crippen molar-refractivity contribution in [2.75, 3.05) is 5.73 Å². The number of hydrogen-bond acceptors (Lipinski definition) is 4. The van der Waals surface area contributed by atoms with Gasteiger partial charge in [-0.15, -0.1) is 0 Å². The third-order valence-electron chi connectivity index (χ3n) is 3.13. The lowest BCUT2D eigenvalue weighted by atomic mass is 10.2. The van der Waals surface area contributed by atoms with Gasteiger partial charge in [0.05, 0.1) is 11.4 Å². The van der Waals surface area contributed by atoms with E-state index in [1.807, 2.05) is 6.07 Å². The van der Waals surface area contributed by atoms with Gasteiger partial charge in [-0.2, -0.15) is 5.10 Å². The number of anilines is 1. The summed E-state index contributed by atoms with van der Waals surface area (Å²) in [5.41, 5.74) is 8.19. The summed E-state index contributed by atoms with van der Waals surface area (Å²) in [7, 11) is -1.86. The Labute approximate surface area is 118 Å². The van der Waals surface area contributed by atoms with Crippen LogP contribution in [-0.4, -0.2) is 18.2 Å². The van der Waals surface area contributed by atoms with Crippen LogP contribution in [0, 0.1) is 13.8 Å². The summed E-state index contributed by atoms with van der Waals surface area (Å²) < 4.78 is 28.8. The molecule has 0 saturated heterocycles. The van der Waals surface area contributed by atoms with Crippen LogP contribution in [0.3, 0.4) is 0 Å². The van der Waals surface area contributed by atoms with Crippen molar-refractivity contribution < 1.29 is 8.42 Å². The number of nitrogens with two attached hydrogens (primary N) is 1. The SMILES string of the molecule is Cc1nn(C)c(C)c1S(=O)(=O)NCc1cccc(N)c1. The molecule has 6 nitrogen and oxygen atoms in total. The molecule has 2 rings (SSSR count). The molecule has 1 aromatic carbocycles. The molecule has 0 atom stereocenters. The minimum atomic E-state index is -3.59. The zero-order valence-corrected chi connectivity index (χ0v) is 12.5. The molecule has 7 heteroatoms. The highest BCUT2D eigenvalue weighted by atomic mass is 32.2. The summed E-state index contributed by atoms with van der Waals surface area (Å²) in [6, 6.07) is 7.11. The van der Waals surface area contributed by atoms with Crippen LogP contribution in [0.2, 0.25) is 0 Å². The van der Waals surface area contributed by atoms with E-state index >= 15 is 0 Å². The van der Waals surface area contributed by atoms with Crippen LogP contribution >= 0.6 is 0 Å². The molecular formula is C13H18N4O2S. The van der Waals surface area contributed by atoms with Crippen molar-refractivity contribution in [2.45, 2.75) is 25.3 Å². The standard InChI is InChI=1S/C13H18N4O2S/c1-9-13(10(2)17(3)16-9)20(18,19)15-8-11-5-4-6-12(14)7-11/h4-7,15H,8,14H2,1-3H3. The first-order valence-electron chi connectivity index (χ1n) is 6.15. The fourth-order valence-corrected chi connectivity index (χ4v) is 3.55. The van der Waals surface area contributed by atoms with Gasteiger partial charge in [-0.05, 0) is 31.5 Å². The molecule has 0 amide bonds. The van der Waals surface area contributed by atoms with E-state index in [4.69, 9.17) is 5.73 Å². The van der Waals surface area contributed by atoms with Gasteiger partial charge < -0.3 is 5.73 Å². The maximum Gasteiger partial charge on any atom is 0.244 e. The molecule has 0 bridgehead atoms. The summed E-state index contributed by atoms with van der Waals surface area (Å²) in [6.07, 6.45) is 0. The molecule has 0 spiro atoms. The first-order chi connectivity index (χ1) is 9.31. The molecule has 0 radical (unpaired) electrons. The second kappa shape index (κ2) is 5.26. The number of hydrogen-bond donors (Lipinski definition) is 2. The van der Waals surface area contributed by atoms with Crippen LogP contribution in [0.15, 0.2) is 29.2 Å². The molecule has 108 valence electrons. The van der Waals surface area contributed by atoms with Crippen molar-refractivity contribution in [3.05, 3.63) is 41.2 Å². The Bertz CT molecular complexity index is 735. The van der Waals surface area contributed by atoms with Gasteiger partial charge in [-0.1, -0.05) is 12.1 Å². The highest BCUT2D eigenvalue weighted by Gasteiger charge is 2.23. The van der Waals surface area contributed by atoms with E-state index in [1.165, 1.54) is 0 Å². The average Bonchev–Trinajstić information content (AvgIpc) is 2.61. The van der Waals surface area contributed by atoms with Crippen molar-refractivity contribution in [3.8, 4) is 0 Å². The van der Waals surface area contributed by atoms with E-state index in [-0.39, 0.29) is 11.4 Å². The zero-order valence-electron chi connectivity index (χ0n) is 11.7. The van der Waals surface area contributed by atoms with Gasteiger partial charge in [0.15, 0.2) is 0 Å². The van der Waals surface area contributed by atoms with Crippen molar-refractivity contribution in [3.63, 3.8) is 0 Å². The predicted molar refractivity (Wildman–Crippen MR) is 77.6 cm³/mol. The smallest absolute Gasteiger partial charge is 0.244 e.